The predicted molar refractivity (Wildman–Crippen MR) is 56.5 cm³/mol. The number of benzene rings is 1. The lowest BCUT2D eigenvalue weighted by molar-refractivity contribution is -0.385. The van der Waals surface area contributed by atoms with Crippen molar-refractivity contribution in [1.29, 1.82) is 0 Å². The van der Waals surface area contributed by atoms with E-state index in [2.05, 4.69) is 20.7 Å². The number of carbonyl (C=O) groups is 1. The molecule has 0 aromatic heterocycles. The lowest BCUT2D eigenvalue weighted by Gasteiger charge is -2.04. The summed E-state index contributed by atoms with van der Waals surface area (Å²) >= 11 is 2.96. The molecule has 0 spiro atoms. The van der Waals surface area contributed by atoms with Crippen molar-refractivity contribution in [2.24, 2.45) is 0 Å². The molecular formula is C9H7BrFNO4. The topological polar surface area (TPSA) is 69.4 Å². The van der Waals surface area contributed by atoms with Gasteiger partial charge in [0.1, 0.15) is 5.82 Å². The fourth-order valence-corrected chi connectivity index (χ4v) is 1.63. The standard InChI is InChI=1S/C9H7BrFNO4/c1-16-8(13)3-5-2-6(11)4-7(9(5)10)12(14)15/h2,4H,3H2,1H3. The van der Waals surface area contributed by atoms with E-state index in [1.54, 1.807) is 0 Å². The van der Waals surface area contributed by atoms with E-state index >= 15 is 0 Å². The lowest BCUT2D eigenvalue weighted by atomic mass is 10.1. The number of nitrogens with zero attached hydrogens (tertiary/aromatic N) is 1. The fraction of sp³-hybridized carbons (Fsp3) is 0.222. The molecule has 86 valence electrons. The van der Waals surface area contributed by atoms with E-state index in [9.17, 15) is 19.3 Å². The fourth-order valence-electron chi connectivity index (χ4n) is 1.12. The molecule has 0 radical (unpaired) electrons. The summed E-state index contributed by atoms with van der Waals surface area (Å²) in [6.07, 6.45) is -0.227. The molecule has 0 aliphatic rings. The molecule has 0 bridgehead atoms. The Kier molecular flexibility index (Phi) is 3.94. The van der Waals surface area contributed by atoms with Crippen LogP contribution in [0.2, 0.25) is 0 Å². The number of halogens is 2. The average molecular weight is 292 g/mol. The van der Waals surface area contributed by atoms with E-state index in [1.807, 2.05) is 0 Å². The van der Waals surface area contributed by atoms with Crippen LogP contribution in [0.5, 0.6) is 0 Å². The van der Waals surface area contributed by atoms with Crippen LogP contribution in [0.4, 0.5) is 10.1 Å². The molecule has 0 heterocycles. The van der Waals surface area contributed by atoms with Crippen molar-refractivity contribution < 1.29 is 18.8 Å². The molecule has 1 rings (SSSR count). The highest BCUT2D eigenvalue weighted by Gasteiger charge is 2.19. The third kappa shape index (κ3) is 2.75. The van der Waals surface area contributed by atoms with Gasteiger partial charge in [-0.1, -0.05) is 0 Å². The van der Waals surface area contributed by atoms with Crippen LogP contribution in [0.3, 0.4) is 0 Å². The van der Waals surface area contributed by atoms with Crippen LogP contribution in [-0.2, 0) is 16.0 Å². The number of nitro groups is 1. The monoisotopic (exact) mass is 291 g/mol. The van der Waals surface area contributed by atoms with Gasteiger partial charge >= 0.3 is 5.97 Å². The Hall–Kier alpha value is -1.50. The molecule has 16 heavy (non-hydrogen) atoms. The van der Waals surface area contributed by atoms with Crippen LogP contribution < -0.4 is 0 Å². The molecule has 1 aromatic rings. The Balaban J connectivity index is 3.19. The zero-order valence-electron chi connectivity index (χ0n) is 8.20. The number of rotatable bonds is 3. The quantitative estimate of drug-likeness (QED) is 0.486. The summed E-state index contributed by atoms with van der Waals surface area (Å²) in [5.74, 6) is -1.37. The predicted octanol–water partition coefficient (Wildman–Crippen LogP) is 2.21. The molecule has 7 heteroatoms. The first-order valence-electron chi connectivity index (χ1n) is 4.15. The number of methoxy groups -OCH3 is 1. The molecule has 1 aromatic carbocycles. The maximum absolute atomic E-state index is 13.0. The molecule has 0 atom stereocenters. The molecule has 5 nitrogen and oxygen atoms in total. The van der Waals surface area contributed by atoms with E-state index in [4.69, 9.17) is 0 Å². The van der Waals surface area contributed by atoms with Crippen molar-refractivity contribution in [3.05, 3.63) is 38.1 Å². The number of ether oxygens (including phenoxy) is 1. The van der Waals surface area contributed by atoms with Crippen LogP contribution >= 0.6 is 15.9 Å². The maximum atomic E-state index is 13.0. The van der Waals surface area contributed by atoms with Gasteiger partial charge in [-0.2, -0.15) is 0 Å². The molecule has 0 N–H and O–H groups in total. The van der Waals surface area contributed by atoms with Gasteiger partial charge in [-0.25, -0.2) is 4.39 Å². The summed E-state index contributed by atoms with van der Waals surface area (Å²) in [5.41, 5.74) is -0.238. The van der Waals surface area contributed by atoms with E-state index in [-0.39, 0.29) is 16.5 Å². The Morgan fingerprint density at radius 3 is 2.75 bits per heavy atom. The Morgan fingerprint density at radius 1 is 1.62 bits per heavy atom. The van der Waals surface area contributed by atoms with Gasteiger partial charge in [0.2, 0.25) is 0 Å². The van der Waals surface area contributed by atoms with Crippen molar-refractivity contribution in [2.45, 2.75) is 6.42 Å². The highest BCUT2D eigenvalue weighted by Crippen LogP contribution is 2.30. The van der Waals surface area contributed by atoms with Crippen LogP contribution in [0.1, 0.15) is 5.56 Å². The smallest absolute Gasteiger partial charge is 0.310 e. The second kappa shape index (κ2) is 5.02. The van der Waals surface area contributed by atoms with Crippen LogP contribution in [0, 0.1) is 15.9 Å². The van der Waals surface area contributed by atoms with Gasteiger partial charge in [-0.15, -0.1) is 0 Å². The highest BCUT2D eigenvalue weighted by atomic mass is 79.9. The summed E-state index contributed by atoms with van der Waals surface area (Å²) in [6.45, 7) is 0. The summed E-state index contributed by atoms with van der Waals surface area (Å²) in [4.78, 5) is 20.8. The molecular weight excluding hydrogens is 285 g/mol. The van der Waals surface area contributed by atoms with Gasteiger partial charge in [-0.05, 0) is 27.6 Å². The largest absolute Gasteiger partial charge is 0.469 e. The highest BCUT2D eigenvalue weighted by molar-refractivity contribution is 9.10. The second-order valence-corrected chi connectivity index (χ2v) is 3.70. The molecule has 0 amide bonds. The minimum atomic E-state index is -0.770. The summed E-state index contributed by atoms with van der Waals surface area (Å²) in [5, 5.41) is 10.6. The van der Waals surface area contributed by atoms with Crippen molar-refractivity contribution in [1.82, 2.24) is 0 Å². The minimum Gasteiger partial charge on any atom is -0.469 e. The summed E-state index contributed by atoms with van der Waals surface area (Å²) < 4.78 is 17.5. The van der Waals surface area contributed by atoms with Gasteiger partial charge < -0.3 is 4.74 Å². The number of nitro benzene ring substituents is 1. The molecule has 0 fully saturated rings. The molecule has 0 aliphatic carbocycles. The average Bonchev–Trinajstić information content (AvgIpc) is 2.22. The van der Waals surface area contributed by atoms with Crippen molar-refractivity contribution in [3.8, 4) is 0 Å². The van der Waals surface area contributed by atoms with E-state index in [1.165, 1.54) is 7.11 Å². The molecule has 0 saturated heterocycles. The number of carbonyl (C=O) groups excluding carboxylic acids is 1. The van der Waals surface area contributed by atoms with Crippen LogP contribution in [0.25, 0.3) is 0 Å². The van der Waals surface area contributed by atoms with E-state index < -0.39 is 22.4 Å². The second-order valence-electron chi connectivity index (χ2n) is 2.91. The van der Waals surface area contributed by atoms with Gasteiger partial charge in [-0.3, -0.25) is 14.9 Å². The third-order valence-corrected chi connectivity index (χ3v) is 2.77. The van der Waals surface area contributed by atoms with Gasteiger partial charge in [0.15, 0.2) is 0 Å². The van der Waals surface area contributed by atoms with Crippen LogP contribution in [-0.4, -0.2) is 18.0 Å². The molecule has 0 unspecified atom stereocenters. The SMILES string of the molecule is COC(=O)Cc1cc(F)cc([N+](=O)[O-])c1Br. The van der Waals surface area contributed by atoms with Crippen molar-refractivity contribution in [2.75, 3.05) is 7.11 Å². The number of esters is 1. The first-order chi connectivity index (χ1) is 7.45. The molecule has 0 saturated carbocycles. The maximum Gasteiger partial charge on any atom is 0.310 e. The first kappa shape index (κ1) is 12.6. The van der Waals surface area contributed by atoms with Crippen molar-refractivity contribution in [3.63, 3.8) is 0 Å². The third-order valence-electron chi connectivity index (χ3n) is 1.85. The zero-order chi connectivity index (χ0) is 12.3. The summed E-state index contributed by atoms with van der Waals surface area (Å²) in [6, 6.07) is 1.83. The first-order valence-corrected chi connectivity index (χ1v) is 4.94. The molecule has 0 aliphatic heterocycles. The van der Waals surface area contributed by atoms with Gasteiger partial charge in [0, 0.05) is 0 Å². The number of hydrogen-bond donors (Lipinski definition) is 0. The minimum absolute atomic E-state index is 0.0873. The number of hydrogen-bond acceptors (Lipinski definition) is 4. The van der Waals surface area contributed by atoms with Crippen molar-refractivity contribution >= 4 is 27.6 Å². The zero-order valence-corrected chi connectivity index (χ0v) is 9.78. The Labute approximate surface area is 98.5 Å². The summed E-state index contributed by atoms with van der Waals surface area (Å²) in [7, 11) is 1.18. The van der Waals surface area contributed by atoms with E-state index in [0.717, 1.165) is 12.1 Å². The lowest BCUT2D eigenvalue weighted by Crippen LogP contribution is -2.06. The Bertz CT molecular complexity index is 449. The normalized spacial score (nSPS) is 9.94. The van der Waals surface area contributed by atoms with E-state index in [0.29, 0.717) is 0 Å². The van der Waals surface area contributed by atoms with Gasteiger partial charge in [0.25, 0.3) is 5.69 Å². The van der Waals surface area contributed by atoms with Crippen LogP contribution in [0.15, 0.2) is 16.6 Å². The van der Waals surface area contributed by atoms with Gasteiger partial charge in [0.05, 0.1) is 29.0 Å². The Morgan fingerprint density at radius 2 is 2.25 bits per heavy atom.